The monoisotopic (exact) mass is 464 g/mol. The SMILES string of the molecule is CC1(C)CC(=O)C2=C(C1)N(c1sc3c(c1C#N)CCCCCC3)C(=O)C[C@@H]2c1ccsc1. The van der Waals surface area contributed by atoms with Crippen molar-refractivity contribution in [2.45, 2.75) is 77.6 Å². The minimum Gasteiger partial charge on any atom is -0.294 e. The third-order valence-corrected chi connectivity index (χ3v) is 9.03. The molecule has 2 aromatic heterocycles. The molecule has 166 valence electrons. The van der Waals surface area contributed by atoms with Crippen LogP contribution in [-0.2, 0) is 22.4 Å². The molecule has 0 saturated heterocycles. The fourth-order valence-corrected chi connectivity index (χ4v) is 7.68. The molecule has 0 spiro atoms. The number of aryl methyl sites for hydroxylation is 1. The van der Waals surface area contributed by atoms with Crippen molar-refractivity contribution in [1.82, 2.24) is 0 Å². The largest absolute Gasteiger partial charge is 0.294 e. The molecule has 0 saturated carbocycles. The Morgan fingerprint density at radius 2 is 1.91 bits per heavy atom. The Kier molecular flexibility index (Phi) is 5.59. The van der Waals surface area contributed by atoms with E-state index in [9.17, 15) is 14.9 Å². The number of nitriles is 1. The van der Waals surface area contributed by atoms with Gasteiger partial charge in [-0.1, -0.05) is 26.7 Å². The first-order valence-corrected chi connectivity index (χ1v) is 13.3. The fraction of sp³-hybridized carbons (Fsp3) is 0.500. The average Bonchev–Trinajstić information content (AvgIpc) is 3.34. The molecule has 0 bridgehead atoms. The standard InChI is InChI=1S/C26H28N2O2S2/c1-26(2)12-20-24(21(29)13-26)18(16-9-10-31-15-16)11-23(30)28(20)25-19(14-27)17-7-5-3-4-6-8-22(17)32-25/h9-10,15,18H,3-8,11-13H2,1-2H3/t18-/m1/s1. The van der Waals surface area contributed by atoms with Crippen molar-refractivity contribution in [1.29, 1.82) is 5.26 Å². The second-order valence-corrected chi connectivity index (χ2v) is 11.9. The minimum atomic E-state index is -0.205. The number of hydrogen-bond donors (Lipinski definition) is 0. The number of allylic oxidation sites excluding steroid dienone is 2. The van der Waals surface area contributed by atoms with Crippen molar-refractivity contribution >= 4 is 39.4 Å². The molecule has 0 radical (unpaired) electrons. The lowest BCUT2D eigenvalue weighted by atomic mass is 9.69. The molecule has 1 amide bonds. The molecule has 5 rings (SSSR count). The van der Waals surface area contributed by atoms with Gasteiger partial charge < -0.3 is 0 Å². The molecular weight excluding hydrogens is 436 g/mol. The van der Waals surface area contributed by atoms with Crippen molar-refractivity contribution in [2.75, 3.05) is 4.90 Å². The third kappa shape index (κ3) is 3.66. The van der Waals surface area contributed by atoms with Gasteiger partial charge in [0, 0.05) is 34.9 Å². The molecule has 0 aromatic carbocycles. The van der Waals surface area contributed by atoms with Gasteiger partial charge in [-0.05, 0) is 65.5 Å². The molecule has 3 heterocycles. The maximum Gasteiger partial charge on any atom is 0.232 e. The molecular formula is C26H28N2O2S2. The Labute approximate surface area is 197 Å². The minimum absolute atomic E-state index is 0.0103. The molecule has 0 unspecified atom stereocenters. The number of nitrogens with zero attached hydrogens (tertiary/aromatic N) is 2. The van der Waals surface area contributed by atoms with Crippen LogP contribution in [0, 0.1) is 16.7 Å². The van der Waals surface area contributed by atoms with Crippen LogP contribution in [0.3, 0.4) is 0 Å². The summed E-state index contributed by atoms with van der Waals surface area (Å²) in [4.78, 5) is 30.1. The predicted octanol–water partition coefficient (Wildman–Crippen LogP) is 6.50. The number of thiophene rings is 2. The van der Waals surface area contributed by atoms with E-state index < -0.39 is 0 Å². The molecule has 2 aliphatic carbocycles. The number of fused-ring (bicyclic) bond motifs is 1. The summed E-state index contributed by atoms with van der Waals surface area (Å²) >= 11 is 3.21. The zero-order chi connectivity index (χ0) is 22.5. The van der Waals surface area contributed by atoms with Gasteiger partial charge in [0.05, 0.1) is 5.56 Å². The second-order valence-electron chi connectivity index (χ2n) is 10.1. The molecule has 3 aliphatic rings. The summed E-state index contributed by atoms with van der Waals surface area (Å²) in [5, 5.41) is 15.0. The highest BCUT2D eigenvalue weighted by molar-refractivity contribution is 7.16. The van der Waals surface area contributed by atoms with Crippen LogP contribution in [0.5, 0.6) is 0 Å². The first-order valence-electron chi connectivity index (χ1n) is 11.6. The summed E-state index contributed by atoms with van der Waals surface area (Å²) in [6.07, 6.45) is 7.98. The Balaban J connectivity index is 1.69. The Hall–Kier alpha value is -2.23. The van der Waals surface area contributed by atoms with Gasteiger partial charge in [0.2, 0.25) is 5.91 Å². The van der Waals surface area contributed by atoms with Gasteiger partial charge in [-0.2, -0.15) is 16.6 Å². The summed E-state index contributed by atoms with van der Waals surface area (Å²) in [5.41, 5.74) is 4.29. The average molecular weight is 465 g/mol. The van der Waals surface area contributed by atoms with E-state index >= 15 is 0 Å². The number of anilines is 1. The number of carbonyl (C=O) groups is 2. The lowest BCUT2D eigenvalue weighted by Gasteiger charge is -2.42. The number of hydrogen-bond acceptors (Lipinski definition) is 5. The van der Waals surface area contributed by atoms with Crippen LogP contribution in [-0.4, -0.2) is 11.7 Å². The van der Waals surface area contributed by atoms with Crippen molar-refractivity contribution in [3.05, 3.63) is 49.7 Å². The predicted molar refractivity (Wildman–Crippen MR) is 129 cm³/mol. The van der Waals surface area contributed by atoms with E-state index in [0.29, 0.717) is 18.4 Å². The summed E-state index contributed by atoms with van der Waals surface area (Å²) in [7, 11) is 0. The van der Waals surface area contributed by atoms with Gasteiger partial charge in [0.15, 0.2) is 5.78 Å². The summed E-state index contributed by atoms with van der Waals surface area (Å²) in [6.45, 7) is 4.20. The van der Waals surface area contributed by atoms with Gasteiger partial charge in [-0.15, -0.1) is 11.3 Å². The van der Waals surface area contributed by atoms with Gasteiger partial charge in [-0.25, -0.2) is 0 Å². The van der Waals surface area contributed by atoms with E-state index in [0.717, 1.165) is 53.1 Å². The van der Waals surface area contributed by atoms with E-state index in [1.165, 1.54) is 17.7 Å². The third-order valence-electron chi connectivity index (χ3n) is 7.06. The highest BCUT2D eigenvalue weighted by atomic mass is 32.1. The van der Waals surface area contributed by atoms with Crippen LogP contribution in [0.15, 0.2) is 28.1 Å². The number of carbonyl (C=O) groups excluding carboxylic acids is 2. The van der Waals surface area contributed by atoms with Crippen molar-refractivity contribution in [3.8, 4) is 6.07 Å². The molecule has 0 fully saturated rings. The molecule has 0 N–H and O–H groups in total. The van der Waals surface area contributed by atoms with E-state index in [-0.39, 0.29) is 29.4 Å². The maximum atomic E-state index is 13.7. The summed E-state index contributed by atoms with van der Waals surface area (Å²) in [5.74, 6) is -0.00956. The molecule has 1 aliphatic heterocycles. The number of Topliss-reactive ketones (excluding diaryl/α,β-unsaturated/α-hetero) is 1. The smallest absolute Gasteiger partial charge is 0.232 e. The summed E-state index contributed by atoms with van der Waals surface area (Å²) < 4.78 is 0. The first-order chi connectivity index (χ1) is 15.4. The van der Waals surface area contributed by atoms with Gasteiger partial charge in [0.25, 0.3) is 0 Å². The van der Waals surface area contributed by atoms with Crippen LogP contribution in [0.1, 0.15) is 86.3 Å². The van der Waals surface area contributed by atoms with E-state index in [1.54, 1.807) is 27.6 Å². The molecule has 2 aromatic rings. The van der Waals surface area contributed by atoms with Gasteiger partial charge >= 0.3 is 0 Å². The number of amides is 1. The van der Waals surface area contributed by atoms with Gasteiger partial charge in [-0.3, -0.25) is 14.5 Å². The maximum absolute atomic E-state index is 13.7. The van der Waals surface area contributed by atoms with Crippen molar-refractivity contribution < 1.29 is 9.59 Å². The first kappa shape index (κ1) is 21.6. The fourth-order valence-electron chi connectivity index (χ4n) is 5.59. The Morgan fingerprint density at radius 1 is 1.12 bits per heavy atom. The van der Waals surface area contributed by atoms with Crippen LogP contribution in [0.2, 0.25) is 0 Å². The van der Waals surface area contributed by atoms with E-state index in [2.05, 4.69) is 25.3 Å². The van der Waals surface area contributed by atoms with Crippen LogP contribution >= 0.6 is 22.7 Å². The quantitative estimate of drug-likeness (QED) is 0.509. The zero-order valence-electron chi connectivity index (χ0n) is 18.7. The highest BCUT2D eigenvalue weighted by Crippen LogP contribution is 2.51. The Morgan fingerprint density at radius 3 is 2.62 bits per heavy atom. The lowest BCUT2D eigenvalue weighted by molar-refractivity contribution is -0.120. The van der Waals surface area contributed by atoms with Crippen molar-refractivity contribution in [3.63, 3.8) is 0 Å². The van der Waals surface area contributed by atoms with E-state index in [4.69, 9.17) is 0 Å². The Bertz CT molecular complexity index is 1150. The molecule has 4 nitrogen and oxygen atoms in total. The number of rotatable bonds is 2. The van der Waals surface area contributed by atoms with Crippen LogP contribution in [0.4, 0.5) is 5.00 Å². The molecule has 32 heavy (non-hydrogen) atoms. The zero-order valence-corrected chi connectivity index (χ0v) is 20.3. The lowest BCUT2D eigenvalue weighted by Crippen LogP contribution is -2.43. The van der Waals surface area contributed by atoms with Crippen LogP contribution in [0.25, 0.3) is 0 Å². The highest BCUT2D eigenvalue weighted by Gasteiger charge is 2.45. The second kappa shape index (κ2) is 8.28. The normalized spacial score (nSPS) is 23.3. The van der Waals surface area contributed by atoms with Crippen LogP contribution < -0.4 is 4.90 Å². The molecule has 1 atom stereocenters. The topological polar surface area (TPSA) is 61.2 Å². The summed E-state index contributed by atoms with van der Waals surface area (Å²) in [6, 6.07) is 4.48. The van der Waals surface area contributed by atoms with Crippen molar-refractivity contribution in [2.24, 2.45) is 5.41 Å². The van der Waals surface area contributed by atoms with Gasteiger partial charge in [0.1, 0.15) is 11.1 Å². The molecule has 6 heteroatoms. The van der Waals surface area contributed by atoms with E-state index in [1.807, 2.05) is 11.4 Å². The number of ketones is 1.